The van der Waals surface area contributed by atoms with Crippen molar-refractivity contribution in [2.24, 2.45) is 0 Å². The highest BCUT2D eigenvalue weighted by Gasteiger charge is 2.10. The van der Waals surface area contributed by atoms with E-state index >= 15 is 0 Å². The van der Waals surface area contributed by atoms with Gasteiger partial charge in [0.15, 0.2) is 0 Å². The number of rotatable bonds is 8. The van der Waals surface area contributed by atoms with E-state index in [-0.39, 0.29) is 5.91 Å². The average molecular weight is 264 g/mol. The molecular weight excluding hydrogens is 240 g/mol. The molecular formula is C14H24N4O. The molecule has 0 atom stereocenters. The fourth-order valence-corrected chi connectivity index (χ4v) is 1.76. The van der Waals surface area contributed by atoms with Crippen LogP contribution in [0.25, 0.3) is 0 Å². The molecule has 5 nitrogen and oxygen atoms in total. The second kappa shape index (κ2) is 8.48. The van der Waals surface area contributed by atoms with Gasteiger partial charge in [-0.3, -0.25) is 4.79 Å². The Balaban J connectivity index is 2.62. The summed E-state index contributed by atoms with van der Waals surface area (Å²) in [6.45, 7) is 9.56. The summed E-state index contributed by atoms with van der Waals surface area (Å²) in [5, 5.41) is 6.06. The van der Waals surface area contributed by atoms with Gasteiger partial charge >= 0.3 is 0 Å². The van der Waals surface area contributed by atoms with Crippen LogP contribution in [0.15, 0.2) is 18.3 Å². The van der Waals surface area contributed by atoms with Crippen LogP contribution in [0, 0.1) is 0 Å². The van der Waals surface area contributed by atoms with E-state index < -0.39 is 0 Å². The van der Waals surface area contributed by atoms with Gasteiger partial charge in [0.1, 0.15) is 5.82 Å². The van der Waals surface area contributed by atoms with E-state index in [1.54, 1.807) is 0 Å². The second-order valence-corrected chi connectivity index (χ2v) is 4.27. The number of aromatic nitrogens is 1. The topological polar surface area (TPSA) is 57.3 Å². The van der Waals surface area contributed by atoms with Crippen LogP contribution in [0.2, 0.25) is 0 Å². The summed E-state index contributed by atoms with van der Waals surface area (Å²) >= 11 is 0. The van der Waals surface area contributed by atoms with Crippen LogP contribution in [0.1, 0.15) is 26.3 Å². The third-order valence-electron chi connectivity index (χ3n) is 2.80. The van der Waals surface area contributed by atoms with Crippen molar-refractivity contribution < 1.29 is 4.79 Å². The summed E-state index contributed by atoms with van der Waals surface area (Å²) in [6, 6.07) is 4.01. The van der Waals surface area contributed by atoms with Crippen molar-refractivity contribution in [3.05, 3.63) is 23.9 Å². The Morgan fingerprint density at radius 3 is 2.58 bits per heavy atom. The van der Waals surface area contributed by atoms with Gasteiger partial charge in [-0.2, -0.15) is 0 Å². The zero-order chi connectivity index (χ0) is 14.1. The maximum Gasteiger partial charge on any atom is 0.239 e. The minimum absolute atomic E-state index is 0.0304. The first-order chi connectivity index (χ1) is 9.21. The molecule has 0 aliphatic carbocycles. The third-order valence-corrected chi connectivity index (χ3v) is 2.80. The van der Waals surface area contributed by atoms with E-state index in [0.29, 0.717) is 13.1 Å². The zero-order valence-corrected chi connectivity index (χ0v) is 12.1. The second-order valence-electron chi connectivity index (χ2n) is 4.27. The Labute approximate surface area is 115 Å². The average Bonchev–Trinajstić information content (AvgIpc) is 2.43. The van der Waals surface area contributed by atoms with Gasteiger partial charge in [-0.25, -0.2) is 4.98 Å². The summed E-state index contributed by atoms with van der Waals surface area (Å²) in [7, 11) is 0. The van der Waals surface area contributed by atoms with Crippen molar-refractivity contribution in [2.45, 2.75) is 27.3 Å². The highest BCUT2D eigenvalue weighted by atomic mass is 16.2. The van der Waals surface area contributed by atoms with Crippen molar-refractivity contribution in [1.82, 2.24) is 15.6 Å². The van der Waals surface area contributed by atoms with Crippen LogP contribution in [0.5, 0.6) is 0 Å². The lowest BCUT2D eigenvalue weighted by molar-refractivity contribution is -0.119. The van der Waals surface area contributed by atoms with Crippen LogP contribution in [-0.2, 0) is 11.3 Å². The molecule has 106 valence electrons. The number of carbonyl (C=O) groups excluding carboxylic acids is 1. The first kappa shape index (κ1) is 15.4. The minimum atomic E-state index is 0.0304. The van der Waals surface area contributed by atoms with E-state index in [9.17, 15) is 4.79 Å². The van der Waals surface area contributed by atoms with E-state index in [1.165, 1.54) is 0 Å². The van der Waals surface area contributed by atoms with Gasteiger partial charge in [0.2, 0.25) is 5.91 Å². The Hall–Kier alpha value is -1.62. The lowest BCUT2D eigenvalue weighted by Gasteiger charge is -2.21. The number of carbonyl (C=O) groups is 1. The van der Waals surface area contributed by atoms with Crippen LogP contribution >= 0.6 is 0 Å². The SMILES string of the molecule is CCNCc1ccc(N(CC)CC(=O)NCC)nc1. The van der Waals surface area contributed by atoms with Crippen LogP contribution in [-0.4, -0.2) is 37.1 Å². The summed E-state index contributed by atoms with van der Waals surface area (Å²) in [4.78, 5) is 18.0. The smallest absolute Gasteiger partial charge is 0.239 e. The van der Waals surface area contributed by atoms with Crippen molar-refractivity contribution in [3.63, 3.8) is 0 Å². The standard InChI is InChI=1S/C14H24N4O/c1-4-15-9-12-7-8-13(17-10-12)18(6-3)11-14(19)16-5-2/h7-8,10,15H,4-6,9,11H2,1-3H3,(H,16,19). The Bertz CT molecular complexity index is 378. The first-order valence-corrected chi connectivity index (χ1v) is 6.88. The molecule has 0 aromatic carbocycles. The first-order valence-electron chi connectivity index (χ1n) is 6.88. The lowest BCUT2D eigenvalue weighted by Crippen LogP contribution is -2.37. The molecule has 0 saturated heterocycles. The number of pyridine rings is 1. The maximum absolute atomic E-state index is 11.6. The Morgan fingerprint density at radius 2 is 2.05 bits per heavy atom. The van der Waals surface area contributed by atoms with Crippen LogP contribution < -0.4 is 15.5 Å². The molecule has 0 saturated carbocycles. The van der Waals surface area contributed by atoms with E-state index in [2.05, 4.69) is 22.5 Å². The maximum atomic E-state index is 11.6. The number of nitrogens with one attached hydrogen (secondary N) is 2. The van der Waals surface area contributed by atoms with Crippen molar-refractivity contribution in [3.8, 4) is 0 Å². The van der Waals surface area contributed by atoms with Gasteiger partial charge in [0.25, 0.3) is 0 Å². The molecule has 0 radical (unpaired) electrons. The van der Waals surface area contributed by atoms with E-state index in [1.807, 2.05) is 37.1 Å². The van der Waals surface area contributed by atoms with Gasteiger partial charge in [-0.15, -0.1) is 0 Å². The molecule has 0 unspecified atom stereocenters. The summed E-state index contributed by atoms with van der Waals surface area (Å²) in [6.07, 6.45) is 1.86. The Kier molecular flexibility index (Phi) is 6.89. The van der Waals surface area contributed by atoms with Crippen molar-refractivity contribution >= 4 is 11.7 Å². The fourth-order valence-electron chi connectivity index (χ4n) is 1.76. The van der Waals surface area contributed by atoms with E-state index in [0.717, 1.165) is 31.0 Å². The normalized spacial score (nSPS) is 10.3. The number of nitrogens with zero attached hydrogens (tertiary/aromatic N) is 2. The lowest BCUT2D eigenvalue weighted by atomic mass is 10.2. The van der Waals surface area contributed by atoms with Gasteiger partial charge in [-0.05, 0) is 32.0 Å². The quantitative estimate of drug-likeness (QED) is 0.739. The predicted octanol–water partition coefficient (Wildman–Crippen LogP) is 1.15. The molecule has 0 aliphatic heterocycles. The van der Waals surface area contributed by atoms with Gasteiger partial charge in [-0.1, -0.05) is 13.0 Å². The monoisotopic (exact) mass is 264 g/mol. The summed E-state index contributed by atoms with van der Waals surface area (Å²) < 4.78 is 0. The molecule has 0 bridgehead atoms. The number of amides is 1. The molecule has 1 amide bonds. The predicted molar refractivity (Wildman–Crippen MR) is 78.2 cm³/mol. The molecule has 19 heavy (non-hydrogen) atoms. The Morgan fingerprint density at radius 1 is 1.26 bits per heavy atom. The van der Waals surface area contributed by atoms with E-state index in [4.69, 9.17) is 0 Å². The fraction of sp³-hybridized carbons (Fsp3) is 0.571. The highest BCUT2D eigenvalue weighted by Crippen LogP contribution is 2.10. The highest BCUT2D eigenvalue weighted by molar-refractivity contribution is 5.80. The molecule has 0 spiro atoms. The molecule has 1 aromatic rings. The molecule has 1 rings (SSSR count). The van der Waals surface area contributed by atoms with Crippen LogP contribution in [0.4, 0.5) is 5.82 Å². The van der Waals surface area contributed by atoms with Crippen molar-refractivity contribution in [2.75, 3.05) is 31.1 Å². The van der Waals surface area contributed by atoms with Crippen molar-refractivity contribution in [1.29, 1.82) is 0 Å². The molecule has 0 aliphatic rings. The summed E-state index contributed by atoms with van der Waals surface area (Å²) in [5.41, 5.74) is 1.15. The van der Waals surface area contributed by atoms with Gasteiger partial charge in [0.05, 0.1) is 6.54 Å². The number of likely N-dealkylation sites (N-methyl/N-ethyl adjacent to an activating group) is 2. The molecule has 0 fully saturated rings. The zero-order valence-electron chi connectivity index (χ0n) is 12.1. The molecule has 1 aromatic heterocycles. The molecule has 2 N–H and O–H groups in total. The number of hydrogen-bond acceptors (Lipinski definition) is 4. The molecule has 1 heterocycles. The van der Waals surface area contributed by atoms with Gasteiger partial charge in [0, 0.05) is 25.8 Å². The number of hydrogen-bond donors (Lipinski definition) is 2. The largest absolute Gasteiger partial charge is 0.355 e. The number of anilines is 1. The van der Waals surface area contributed by atoms with Crippen LogP contribution in [0.3, 0.4) is 0 Å². The minimum Gasteiger partial charge on any atom is -0.355 e. The van der Waals surface area contributed by atoms with Gasteiger partial charge < -0.3 is 15.5 Å². The third kappa shape index (κ3) is 5.26. The molecule has 5 heteroatoms. The summed E-state index contributed by atoms with van der Waals surface area (Å²) in [5.74, 6) is 0.872.